The molecule has 0 heterocycles. The van der Waals surface area contributed by atoms with Crippen LogP contribution in [0.2, 0.25) is 0 Å². The van der Waals surface area contributed by atoms with Crippen LogP contribution in [0.3, 0.4) is 0 Å². The molecule has 2 rings (SSSR count). The van der Waals surface area contributed by atoms with Gasteiger partial charge in [-0.2, -0.15) is 0 Å². The Hall–Kier alpha value is -0.420. The normalized spacial score (nSPS) is 19.4. The molecule has 3 N–H and O–H groups in total. The summed E-state index contributed by atoms with van der Waals surface area (Å²) in [5.41, 5.74) is 4.30. The van der Waals surface area contributed by atoms with E-state index in [9.17, 15) is 0 Å². The third-order valence-electron chi connectivity index (χ3n) is 4.43. The van der Waals surface area contributed by atoms with Crippen LogP contribution in [-0.2, 0) is 11.2 Å². The van der Waals surface area contributed by atoms with Crippen LogP contribution in [0.25, 0.3) is 0 Å². The van der Waals surface area contributed by atoms with E-state index in [2.05, 4.69) is 52.5 Å². The summed E-state index contributed by atoms with van der Waals surface area (Å²) in [7, 11) is 0. The third-order valence-corrected chi connectivity index (χ3v) is 4.92. The highest BCUT2D eigenvalue weighted by Crippen LogP contribution is 2.30. The predicted octanol–water partition coefficient (Wildman–Crippen LogP) is 3.81. The Labute approximate surface area is 136 Å². The van der Waals surface area contributed by atoms with Crippen molar-refractivity contribution in [2.24, 2.45) is 11.8 Å². The first-order chi connectivity index (χ1) is 10.2. The summed E-state index contributed by atoms with van der Waals surface area (Å²) in [5, 5.41) is 0. The Kier molecular flexibility index (Phi) is 7.17. The second kappa shape index (κ2) is 8.89. The van der Waals surface area contributed by atoms with Crippen molar-refractivity contribution in [2.75, 3.05) is 6.61 Å². The zero-order valence-electron chi connectivity index (χ0n) is 12.9. The second-order valence-electron chi connectivity index (χ2n) is 5.93. The van der Waals surface area contributed by atoms with Crippen molar-refractivity contribution in [1.82, 2.24) is 5.43 Å². The van der Waals surface area contributed by atoms with Crippen LogP contribution in [0.15, 0.2) is 28.7 Å². The van der Waals surface area contributed by atoms with E-state index in [-0.39, 0.29) is 12.1 Å². The van der Waals surface area contributed by atoms with E-state index in [1.807, 2.05) is 0 Å². The number of nitrogens with one attached hydrogen (secondary N) is 1. The quantitative estimate of drug-likeness (QED) is 0.578. The SMILES string of the molecule is CCOC(C1CCCCC1)C(Cc1cccc(Br)c1)NN. The van der Waals surface area contributed by atoms with Crippen molar-refractivity contribution in [3.05, 3.63) is 34.3 Å². The number of benzene rings is 1. The first-order valence-corrected chi connectivity index (χ1v) is 8.86. The minimum absolute atomic E-state index is 0.169. The van der Waals surface area contributed by atoms with Gasteiger partial charge in [0.25, 0.3) is 0 Å². The van der Waals surface area contributed by atoms with Crippen molar-refractivity contribution in [2.45, 2.75) is 57.6 Å². The number of nitrogens with two attached hydrogens (primary N) is 1. The highest BCUT2D eigenvalue weighted by molar-refractivity contribution is 9.10. The summed E-state index contributed by atoms with van der Waals surface area (Å²) >= 11 is 3.54. The Morgan fingerprint density at radius 3 is 2.71 bits per heavy atom. The van der Waals surface area contributed by atoms with E-state index in [0.29, 0.717) is 5.92 Å². The standard InChI is InChI=1S/C17H27BrN2O/c1-2-21-17(14-8-4-3-5-9-14)16(20-19)12-13-7-6-10-15(18)11-13/h6-7,10-11,14,16-17,20H,2-5,8-9,12,19H2,1H3. The fraction of sp³-hybridized carbons (Fsp3) is 0.647. The minimum Gasteiger partial charge on any atom is -0.377 e. The van der Waals surface area contributed by atoms with Crippen LogP contribution in [0.1, 0.15) is 44.6 Å². The van der Waals surface area contributed by atoms with Gasteiger partial charge in [0.1, 0.15) is 0 Å². The van der Waals surface area contributed by atoms with Crippen molar-refractivity contribution in [3.8, 4) is 0 Å². The molecule has 118 valence electrons. The zero-order valence-corrected chi connectivity index (χ0v) is 14.4. The lowest BCUT2D eigenvalue weighted by Crippen LogP contribution is -2.50. The molecule has 0 aromatic heterocycles. The molecule has 0 amide bonds. The zero-order chi connectivity index (χ0) is 15.1. The lowest BCUT2D eigenvalue weighted by Gasteiger charge is -2.35. The molecule has 21 heavy (non-hydrogen) atoms. The van der Waals surface area contributed by atoms with Gasteiger partial charge in [0.2, 0.25) is 0 Å². The maximum absolute atomic E-state index is 6.08. The number of halogens is 1. The Morgan fingerprint density at radius 1 is 1.33 bits per heavy atom. The highest BCUT2D eigenvalue weighted by Gasteiger charge is 2.30. The molecule has 4 heteroatoms. The monoisotopic (exact) mass is 354 g/mol. The number of hydrogen-bond donors (Lipinski definition) is 2. The van der Waals surface area contributed by atoms with Crippen molar-refractivity contribution in [3.63, 3.8) is 0 Å². The molecule has 3 nitrogen and oxygen atoms in total. The molecular formula is C17H27BrN2O. The summed E-state index contributed by atoms with van der Waals surface area (Å²) in [4.78, 5) is 0. The summed E-state index contributed by atoms with van der Waals surface area (Å²) < 4.78 is 7.20. The first-order valence-electron chi connectivity index (χ1n) is 8.06. The summed E-state index contributed by atoms with van der Waals surface area (Å²) in [5.74, 6) is 6.49. The maximum Gasteiger partial charge on any atom is 0.0772 e. The predicted molar refractivity (Wildman–Crippen MR) is 90.9 cm³/mol. The maximum atomic E-state index is 6.08. The molecule has 2 atom stereocenters. The van der Waals surface area contributed by atoms with Gasteiger partial charge in [0.15, 0.2) is 0 Å². The number of hydrogen-bond acceptors (Lipinski definition) is 3. The van der Waals surface area contributed by atoms with Crippen LogP contribution in [0.5, 0.6) is 0 Å². The molecule has 1 saturated carbocycles. The summed E-state index contributed by atoms with van der Waals surface area (Å²) in [6.45, 7) is 2.82. The molecule has 2 unspecified atom stereocenters. The van der Waals surface area contributed by atoms with Gasteiger partial charge in [-0.25, -0.2) is 0 Å². The van der Waals surface area contributed by atoms with Gasteiger partial charge in [-0.3, -0.25) is 11.3 Å². The van der Waals surface area contributed by atoms with Crippen LogP contribution in [0.4, 0.5) is 0 Å². The molecule has 1 aromatic carbocycles. The lowest BCUT2D eigenvalue weighted by molar-refractivity contribution is -0.0175. The lowest BCUT2D eigenvalue weighted by atomic mass is 9.81. The molecule has 1 fully saturated rings. The van der Waals surface area contributed by atoms with Crippen LogP contribution in [-0.4, -0.2) is 18.8 Å². The fourth-order valence-corrected chi connectivity index (χ4v) is 3.87. The Morgan fingerprint density at radius 2 is 2.10 bits per heavy atom. The molecule has 1 aliphatic rings. The molecule has 0 bridgehead atoms. The molecule has 0 aliphatic heterocycles. The smallest absolute Gasteiger partial charge is 0.0772 e. The Balaban J connectivity index is 2.07. The van der Waals surface area contributed by atoms with Gasteiger partial charge in [0, 0.05) is 11.1 Å². The van der Waals surface area contributed by atoms with Crippen LogP contribution in [0, 0.1) is 5.92 Å². The number of ether oxygens (including phenoxy) is 1. The number of hydrazine groups is 1. The Bertz CT molecular complexity index is 421. The largest absolute Gasteiger partial charge is 0.377 e. The minimum atomic E-state index is 0.169. The van der Waals surface area contributed by atoms with Crippen LogP contribution < -0.4 is 11.3 Å². The summed E-state index contributed by atoms with van der Waals surface area (Å²) in [6, 6.07) is 8.61. The fourth-order valence-electron chi connectivity index (χ4n) is 3.42. The highest BCUT2D eigenvalue weighted by atomic mass is 79.9. The van der Waals surface area contributed by atoms with Gasteiger partial charge in [-0.1, -0.05) is 47.3 Å². The van der Waals surface area contributed by atoms with Crippen LogP contribution >= 0.6 is 15.9 Å². The molecule has 0 spiro atoms. The molecule has 0 radical (unpaired) electrons. The van der Waals surface area contributed by atoms with E-state index in [4.69, 9.17) is 10.6 Å². The topological polar surface area (TPSA) is 47.3 Å². The van der Waals surface area contributed by atoms with Gasteiger partial charge in [-0.15, -0.1) is 0 Å². The van der Waals surface area contributed by atoms with E-state index in [1.165, 1.54) is 37.7 Å². The van der Waals surface area contributed by atoms with Crippen molar-refractivity contribution >= 4 is 15.9 Å². The van der Waals surface area contributed by atoms with E-state index >= 15 is 0 Å². The van der Waals surface area contributed by atoms with E-state index in [0.717, 1.165) is 17.5 Å². The van der Waals surface area contributed by atoms with Gasteiger partial charge >= 0.3 is 0 Å². The van der Waals surface area contributed by atoms with Gasteiger partial charge in [0.05, 0.1) is 12.1 Å². The first kappa shape index (κ1) is 16.9. The molecule has 0 saturated heterocycles. The third kappa shape index (κ3) is 5.06. The molecular weight excluding hydrogens is 328 g/mol. The molecule has 1 aromatic rings. The van der Waals surface area contributed by atoms with Gasteiger partial charge in [-0.05, 0) is 49.8 Å². The van der Waals surface area contributed by atoms with E-state index < -0.39 is 0 Å². The molecule has 1 aliphatic carbocycles. The second-order valence-corrected chi connectivity index (χ2v) is 6.84. The number of rotatable bonds is 7. The average molecular weight is 355 g/mol. The average Bonchev–Trinajstić information content (AvgIpc) is 2.51. The van der Waals surface area contributed by atoms with Gasteiger partial charge < -0.3 is 4.74 Å². The van der Waals surface area contributed by atoms with Crippen molar-refractivity contribution < 1.29 is 4.74 Å². The summed E-state index contributed by atoms with van der Waals surface area (Å²) in [6.07, 6.45) is 7.64. The van der Waals surface area contributed by atoms with E-state index in [1.54, 1.807) is 0 Å². The van der Waals surface area contributed by atoms with Crippen molar-refractivity contribution in [1.29, 1.82) is 0 Å².